The van der Waals surface area contributed by atoms with E-state index in [9.17, 15) is 9.59 Å². The number of carbonyl (C=O) groups is 2. The summed E-state index contributed by atoms with van der Waals surface area (Å²) in [4.78, 5) is 23.4. The smallest absolute Gasteiger partial charge is 0.303 e. The van der Waals surface area contributed by atoms with E-state index in [-0.39, 0.29) is 12.3 Å². The summed E-state index contributed by atoms with van der Waals surface area (Å²) in [5.41, 5.74) is 3.11. The average Bonchev–Trinajstić information content (AvgIpc) is 3.05. The van der Waals surface area contributed by atoms with Crippen molar-refractivity contribution in [3.8, 4) is 5.75 Å². The number of ether oxygens (including phenoxy) is 1. The second kappa shape index (κ2) is 14.7. The lowest BCUT2D eigenvalue weighted by atomic mass is 9.83. The molecule has 1 amide bonds. The van der Waals surface area contributed by atoms with Crippen molar-refractivity contribution < 1.29 is 19.4 Å². The van der Waals surface area contributed by atoms with E-state index in [1.165, 1.54) is 19.3 Å². The Labute approximate surface area is 254 Å². The van der Waals surface area contributed by atoms with Gasteiger partial charge in [-0.25, -0.2) is 0 Å². The van der Waals surface area contributed by atoms with Crippen molar-refractivity contribution in [2.24, 2.45) is 0 Å². The number of benzene rings is 4. The molecule has 0 saturated heterocycles. The zero-order valence-corrected chi connectivity index (χ0v) is 24.8. The molecule has 0 aromatic heterocycles. The maximum absolute atomic E-state index is 12.9. The predicted molar refractivity (Wildman–Crippen MR) is 173 cm³/mol. The Morgan fingerprint density at radius 3 is 1.93 bits per heavy atom. The van der Waals surface area contributed by atoms with Gasteiger partial charge in [-0.1, -0.05) is 118 Å². The lowest BCUT2D eigenvalue weighted by molar-refractivity contribution is -0.137. The van der Waals surface area contributed by atoms with Crippen molar-refractivity contribution >= 4 is 28.7 Å². The number of amides is 1. The minimum absolute atomic E-state index is 0.0417. The number of fused-ring (bicyclic) bond motifs is 3. The summed E-state index contributed by atoms with van der Waals surface area (Å²) < 4.78 is 6.82. The standard InChI is InChI=1S/C38H41NO4/c40-36(41)20-14-6-4-2-1-3-5-7-15-27-39-37(42)30-21-23-33-29(28-30)22-24-35-34(33)25-26-38(43-35,31-16-10-8-11-17-31)32-18-12-9-13-19-32/h8-13,16-19,21-26,28H,1-7,14-15,20,27H2,(H,39,42)(H,40,41). The Bertz CT molecular complexity index is 1510. The van der Waals surface area contributed by atoms with Gasteiger partial charge in [-0.05, 0) is 54.0 Å². The Hall–Kier alpha value is -4.38. The third kappa shape index (κ3) is 7.53. The molecule has 1 heterocycles. The summed E-state index contributed by atoms with van der Waals surface area (Å²) in [5.74, 6) is 0.0755. The van der Waals surface area contributed by atoms with Gasteiger partial charge in [0.2, 0.25) is 0 Å². The molecule has 222 valence electrons. The predicted octanol–water partition coefficient (Wildman–Crippen LogP) is 8.90. The maximum Gasteiger partial charge on any atom is 0.303 e. The highest BCUT2D eigenvalue weighted by molar-refractivity contribution is 6.01. The number of carbonyl (C=O) groups excluding carboxylic acids is 1. The van der Waals surface area contributed by atoms with Gasteiger partial charge in [0.1, 0.15) is 5.75 Å². The molecule has 0 atom stereocenters. The summed E-state index contributed by atoms with van der Waals surface area (Å²) in [6.45, 7) is 0.674. The fraction of sp³-hybridized carbons (Fsp3) is 0.316. The van der Waals surface area contributed by atoms with Gasteiger partial charge < -0.3 is 15.2 Å². The molecule has 4 aromatic rings. The molecule has 4 aromatic carbocycles. The van der Waals surface area contributed by atoms with Crippen molar-refractivity contribution in [2.45, 2.75) is 69.8 Å². The zero-order valence-electron chi connectivity index (χ0n) is 24.8. The van der Waals surface area contributed by atoms with E-state index in [2.05, 4.69) is 41.7 Å². The third-order valence-electron chi connectivity index (χ3n) is 8.30. The lowest BCUT2D eigenvalue weighted by Crippen LogP contribution is -2.34. The minimum Gasteiger partial charge on any atom is -0.481 e. The molecule has 0 saturated carbocycles. The normalized spacial score (nSPS) is 13.3. The first kappa shape index (κ1) is 30.1. The zero-order chi connectivity index (χ0) is 29.9. The molecule has 43 heavy (non-hydrogen) atoms. The number of hydrogen-bond acceptors (Lipinski definition) is 3. The first-order chi connectivity index (χ1) is 21.1. The number of unbranched alkanes of at least 4 members (excludes halogenated alkanes) is 8. The second-order valence-corrected chi connectivity index (χ2v) is 11.4. The number of carboxylic acid groups (broad SMARTS) is 1. The number of nitrogens with one attached hydrogen (secondary N) is 1. The average molecular weight is 576 g/mol. The van der Waals surface area contributed by atoms with E-state index >= 15 is 0 Å². The van der Waals surface area contributed by atoms with Crippen molar-refractivity contribution in [3.63, 3.8) is 0 Å². The Morgan fingerprint density at radius 1 is 0.698 bits per heavy atom. The molecule has 0 bridgehead atoms. The summed E-state index contributed by atoms with van der Waals surface area (Å²) in [7, 11) is 0. The molecule has 1 aliphatic rings. The van der Waals surface area contributed by atoms with Gasteiger partial charge in [0.25, 0.3) is 5.91 Å². The highest BCUT2D eigenvalue weighted by Gasteiger charge is 2.37. The van der Waals surface area contributed by atoms with Crippen LogP contribution in [0.3, 0.4) is 0 Å². The highest BCUT2D eigenvalue weighted by atomic mass is 16.5. The van der Waals surface area contributed by atoms with Crippen LogP contribution in [0, 0.1) is 0 Å². The summed E-state index contributed by atoms with van der Waals surface area (Å²) in [6.07, 6.45) is 14.3. The van der Waals surface area contributed by atoms with Crippen molar-refractivity contribution in [1.29, 1.82) is 0 Å². The molecular weight excluding hydrogens is 534 g/mol. The summed E-state index contributed by atoms with van der Waals surface area (Å²) in [6, 6.07) is 30.5. The number of aliphatic carboxylic acids is 1. The van der Waals surface area contributed by atoms with E-state index in [1.54, 1.807) is 0 Å². The molecule has 0 aliphatic carbocycles. The summed E-state index contributed by atoms with van der Waals surface area (Å²) >= 11 is 0. The fourth-order valence-electron chi connectivity index (χ4n) is 5.94. The Kier molecular flexibility index (Phi) is 10.3. The van der Waals surface area contributed by atoms with Gasteiger partial charge in [0.15, 0.2) is 5.60 Å². The molecule has 2 N–H and O–H groups in total. The van der Waals surface area contributed by atoms with Crippen LogP contribution in [-0.4, -0.2) is 23.5 Å². The van der Waals surface area contributed by atoms with Gasteiger partial charge in [-0.15, -0.1) is 0 Å². The van der Waals surface area contributed by atoms with Crippen LogP contribution in [0.2, 0.25) is 0 Å². The van der Waals surface area contributed by atoms with E-state index in [0.29, 0.717) is 12.1 Å². The highest BCUT2D eigenvalue weighted by Crippen LogP contribution is 2.44. The fourth-order valence-corrected chi connectivity index (χ4v) is 5.94. The molecule has 5 nitrogen and oxygen atoms in total. The quantitative estimate of drug-likeness (QED) is 0.139. The van der Waals surface area contributed by atoms with Crippen molar-refractivity contribution in [3.05, 3.63) is 119 Å². The van der Waals surface area contributed by atoms with Crippen LogP contribution >= 0.6 is 0 Å². The van der Waals surface area contributed by atoms with Gasteiger partial charge in [0.05, 0.1) is 0 Å². The van der Waals surface area contributed by atoms with Crippen LogP contribution in [0.1, 0.15) is 91.3 Å². The first-order valence-corrected chi connectivity index (χ1v) is 15.6. The van der Waals surface area contributed by atoms with E-state index in [1.807, 2.05) is 66.7 Å². The van der Waals surface area contributed by atoms with E-state index in [4.69, 9.17) is 9.84 Å². The van der Waals surface area contributed by atoms with Gasteiger partial charge in [-0.3, -0.25) is 9.59 Å². The van der Waals surface area contributed by atoms with E-state index < -0.39 is 11.6 Å². The molecule has 0 spiro atoms. The summed E-state index contributed by atoms with van der Waals surface area (Å²) in [5, 5.41) is 13.8. The second-order valence-electron chi connectivity index (χ2n) is 11.4. The van der Waals surface area contributed by atoms with Crippen molar-refractivity contribution in [1.82, 2.24) is 5.32 Å². The van der Waals surface area contributed by atoms with Crippen LogP contribution in [0.25, 0.3) is 16.8 Å². The molecule has 0 unspecified atom stereocenters. The van der Waals surface area contributed by atoms with Crippen molar-refractivity contribution in [2.75, 3.05) is 6.54 Å². The van der Waals surface area contributed by atoms with E-state index in [0.717, 1.165) is 71.7 Å². The molecule has 0 radical (unpaired) electrons. The van der Waals surface area contributed by atoms with Crippen LogP contribution in [-0.2, 0) is 10.4 Å². The van der Waals surface area contributed by atoms with Crippen LogP contribution < -0.4 is 10.1 Å². The maximum atomic E-state index is 12.9. The largest absolute Gasteiger partial charge is 0.481 e. The number of hydrogen-bond donors (Lipinski definition) is 2. The third-order valence-corrected chi connectivity index (χ3v) is 8.30. The Balaban J connectivity index is 1.15. The van der Waals surface area contributed by atoms with Crippen LogP contribution in [0.5, 0.6) is 5.75 Å². The van der Waals surface area contributed by atoms with Crippen LogP contribution in [0.15, 0.2) is 97.1 Å². The first-order valence-electron chi connectivity index (χ1n) is 15.6. The van der Waals surface area contributed by atoms with Gasteiger partial charge in [-0.2, -0.15) is 0 Å². The minimum atomic E-state index is -0.716. The monoisotopic (exact) mass is 575 g/mol. The number of rotatable bonds is 15. The molecule has 5 rings (SSSR count). The molecule has 5 heteroatoms. The van der Waals surface area contributed by atoms with Crippen LogP contribution in [0.4, 0.5) is 0 Å². The topological polar surface area (TPSA) is 75.6 Å². The van der Waals surface area contributed by atoms with Gasteiger partial charge in [0, 0.05) is 35.2 Å². The molecule has 0 fully saturated rings. The molecule has 1 aliphatic heterocycles. The Morgan fingerprint density at radius 2 is 1.30 bits per heavy atom. The molecular formula is C38H41NO4. The van der Waals surface area contributed by atoms with Gasteiger partial charge >= 0.3 is 5.97 Å². The lowest BCUT2D eigenvalue weighted by Gasteiger charge is -2.36. The SMILES string of the molecule is O=C(O)CCCCCCCCCCCNC(=O)c1ccc2c3c(ccc2c1)OC(c1ccccc1)(c1ccccc1)C=C3. The number of carboxylic acids is 1.